The minimum Gasteiger partial charge on any atom is -0.339 e. The molecular formula is C19H17N5. The number of para-hydroxylation sites is 1. The molecule has 118 valence electrons. The van der Waals surface area contributed by atoms with Gasteiger partial charge >= 0.3 is 0 Å². The Kier molecular flexibility index (Phi) is 3.46. The monoisotopic (exact) mass is 315 g/mol. The van der Waals surface area contributed by atoms with Crippen molar-refractivity contribution in [2.75, 3.05) is 5.32 Å². The van der Waals surface area contributed by atoms with Gasteiger partial charge in [0.25, 0.3) is 0 Å². The Morgan fingerprint density at radius 2 is 1.79 bits per heavy atom. The molecule has 0 aliphatic heterocycles. The number of hydrogen-bond donors (Lipinski definition) is 1. The average Bonchev–Trinajstić information content (AvgIpc) is 3.01. The first-order valence-electron chi connectivity index (χ1n) is 7.81. The summed E-state index contributed by atoms with van der Waals surface area (Å²) in [7, 11) is 0. The Balaban J connectivity index is 1.70. The molecule has 4 aromatic rings. The third-order valence-corrected chi connectivity index (χ3v) is 3.92. The van der Waals surface area contributed by atoms with E-state index in [2.05, 4.69) is 52.4 Å². The van der Waals surface area contributed by atoms with E-state index in [1.165, 1.54) is 11.1 Å². The molecule has 0 saturated carbocycles. The molecule has 0 radical (unpaired) electrons. The maximum atomic E-state index is 4.62. The Morgan fingerprint density at radius 3 is 2.58 bits per heavy atom. The number of nitrogens with zero attached hydrogens (tertiary/aromatic N) is 4. The molecule has 2 heterocycles. The molecule has 0 aliphatic carbocycles. The Labute approximate surface area is 140 Å². The minimum atomic E-state index is 0.710. The second-order valence-corrected chi connectivity index (χ2v) is 5.80. The van der Waals surface area contributed by atoms with Gasteiger partial charge in [0.15, 0.2) is 5.65 Å². The number of benzene rings is 2. The predicted molar refractivity (Wildman–Crippen MR) is 95.9 cm³/mol. The van der Waals surface area contributed by atoms with E-state index in [4.69, 9.17) is 0 Å². The Hall–Kier alpha value is -3.21. The smallest absolute Gasteiger partial charge is 0.181 e. The first-order valence-corrected chi connectivity index (χ1v) is 7.81. The van der Waals surface area contributed by atoms with E-state index in [0.29, 0.717) is 5.82 Å². The molecule has 5 nitrogen and oxygen atoms in total. The van der Waals surface area contributed by atoms with Gasteiger partial charge in [0.1, 0.15) is 11.3 Å². The molecule has 24 heavy (non-hydrogen) atoms. The van der Waals surface area contributed by atoms with Gasteiger partial charge in [0, 0.05) is 5.69 Å². The highest BCUT2D eigenvalue weighted by molar-refractivity contribution is 5.74. The molecule has 0 saturated heterocycles. The summed E-state index contributed by atoms with van der Waals surface area (Å²) in [4.78, 5) is 9.16. The molecule has 0 atom stereocenters. The van der Waals surface area contributed by atoms with Crippen LogP contribution in [-0.4, -0.2) is 19.7 Å². The molecule has 4 rings (SSSR count). The molecule has 2 aromatic carbocycles. The fraction of sp³-hybridized carbons (Fsp3) is 0.105. The summed E-state index contributed by atoms with van der Waals surface area (Å²) >= 11 is 0. The van der Waals surface area contributed by atoms with E-state index in [1.54, 1.807) is 17.1 Å². The topological polar surface area (TPSA) is 55.6 Å². The van der Waals surface area contributed by atoms with Gasteiger partial charge < -0.3 is 5.32 Å². The largest absolute Gasteiger partial charge is 0.339 e. The van der Waals surface area contributed by atoms with Gasteiger partial charge in [-0.15, -0.1) is 0 Å². The summed E-state index contributed by atoms with van der Waals surface area (Å²) in [5, 5.41) is 7.74. The molecule has 0 unspecified atom stereocenters. The fourth-order valence-electron chi connectivity index (χ4n) is 2.72. The van der Waals surface area contributed by atoms with Crippen LogP contribution in [0.1, 0.15) is 11.1 Å². The lowest BCUT2D eigenvalue weighted by atomic mass is 10.1. The molecule has 1 N–H and O–H groups in total. The van der Waals surface area contributed by atoms with Crippen LogP contribution in [0.25, 0.3) is 16.9 Å². The first kappa shape index (κ1) is 14.4. The number of aryl methyl sites for hydroxylation is 2. The lowest BCUT2D eigenvalue weighted by Crippen LogP contribution is -2.00. The standard InChI is InChI=1S/C19H17N5/c1-13-8-9-16(14(2)10-13)22-18-12-20-19-17(23-18)11-21-24(19)15-6-4-3-5-7-15/h3-12H,1-2H3,(H,22,23). The summed E-state index contributed by atoms with van der Waals surface area (Å²) in [5.41, 5.74) is 5.92. The summed E-state index contributed by atoms with van der Waals surface area (Å²) in [6, 6.07) is 16.2. The van der Waals surface area contributed by atoms with E-state index in [0.717, 1.165) is 22.5 Å². The quantitative estimate of drug-likeness (QED) is 0.616. The molecule has 5 heteroatoms. The van der Waals surface area contributed by atoms with Crippen LogP contribution in [0.15, 0.2) is 60.9 Å². The van der Waals surface area contributed by atoms with Crippen molar-refractivity contribution < 1.29 is 0 Å². The number of anilines is 2. The van der Waals surface area contributed by atoms with Gasteiger partial charge in [-0.2, -0.15) is 5.10 Å². The lowest BCUT2D eigenvalue weighted by molar-refractivity contribution is 0.897. The van der Waals surface area contributed by atoms with Gasteiger partial charge in [-0.1, -0.05) is 35.9 Å². The van der Waals surface area contributed by atoms with Crippen LogP contribution in [0.5, 0.6) is 0 Å². The molecule has 0 spiro atoms. The number of hydrogen-bond acceptors (Lipinski definition) is 4. The van der Waals surface area contributed by atoms with Crippen LogP contribution in [0.4, 0.5) is 11.5 Å². The highest BCUT2D eigenvalue weighted by Crippen LogP contribution is 2.22. The van der Waals surface area contributed by atoms with Crippen LogP contribution in [0.2, 0.25) is 0 Å². The van der Waals surface area contributed by atoms with Gasteiger partial charge in [-0.3, -0.25) is 0 Å². The zero-order valence-electron chi connectivity index (χ0n) is 13.6. The summed E-state index contributed by atoms with van der Waals surface area (Å²) < 4.78 is 1.79. The lowest BCUT2D eigenvalue weighted by Gasteiger charge is -2.09. The molecule has 0 bridgehead atoms. The van der Waals surface area contributed by atoms with Crippen molar-refractivity contribution in [1.82, 2.24) is 19.7 Å². The highest BCUT2D eigenvalue weighted by Gasteiger charge is 2.09. The van der Waals surface area contributed by atoms with Crippen LogP contribution in [0.3, 0.4) is 0 Å². The van der Waals surface area contributed by atoms with Crippen molar-refractivity contribution in [2.24, 2.45) is 0 Å². The van der Waals surface area contributed by atoms with E-state index < -0.39 is 0 Å². The van der Waals surface area contributed by atoms with Crippen molar-refractivity contribution in [3.05, 3.63) is 72.1 Å². The highest BCUT2D eigenvalue weighted by atomic mass is 15.3. The van der Waals surface area contributed by atoms with Crippen molar-refractivity contribution in [1.29, 1.82) is 0 Å². The SMILES string of the molecule is Cc1ccc(Nc2cnc3c(cnn3-c3ccccc3)n2)c(C)c1. The van der Waals surface area contributed by atoms with Gasteiger partial charge in [-0.25, -0.2) is 14.6 Å². The molecule has 0 aliphatic rings. The van der Waals surface area contributed by atoms with Crippen LogP contribution in [-0.2, 0) is 0 Å². The van der Waals surface area contributed by atoms with E-state index in [1.807, 2.05) is 30.3 Å². The van der Waals surface area contributed by atoms with Crippen molar-refractivity contribution in [2.45, 2.75) is 13.8 Å². The number of nitrogens with one attached hydrogen (secondary N) is 1. The Morgan fingerprint density at radius 1 is 0.958 bits per heavy atom. The molecule has 0 fully saturated rings. The zero-order chi connectivity index (χ0) is 16.5. The summed E-state index contributed by atoms with van der Waals surface area (Å²) in [6.45, 7) is 4.16. The van der Waals surface area contributed by atoms with E-state index >= 15 is 0 Å². The maximum absolute atomic E-state index is 4.62. The van der Waals surface area contributed by atoms with Gasteiger partial charge in [0.05, 0.1) is 18.1 Å². The van der Waals surface area contributed by atoms with Crippen molar-refractivity contribution in [3.8, 4) is 5.69 Å². The normalized spacial score (nSPS) is 10.9. The number of rotatable bonds is 3. The van der Waals surface area contributed by atoms with Crippen LogP contribution >= 0.6 is 0 Å². The van der Waals surface area contributed by atoms with Crippen LogP contribution in [0, 0.1) is 13.8 Å². The second kappa shape index (κ2) is 5.77. The minimum absolute atomic E-state index is 0.710. The fourth-order valence-corrected chi connectivity index (χ4v) is 2.72. The predicted octanol–water partition coefficient (Wildman–Crippen LogP) is 4.18. The van der Waals surface area contributed by atoms with Gasteiger partial charge in [-0.05, 0) is 37.6 Å². The zero-order valence-corrected chi connectivity index (χ0v) is 13.6. The third-order valence-electron chi connectivity index (χ3n) is 3.92. The number of aromatic nitrogens is 4. The Bertz CT molecular complexity index is 1000. The van der Waals surface area contributed by atoms with E-state index in [9.17, 15) is 0 Å². The number of fused-ring (bicyclic) bond motifs is 1. The molecule has 2 aromatic heterocycles. The summed E-state index contributed by atoms with van der Waals surface area (Å²) in [5.74, 6) is 0.710. The average molecular weight is 315 g/mol. The maximum Gasteiger partial charge on any atom is 0.181 e. The second-order valence-electron chi connectivity index (χ2n) is 5.80. The molecular weight excluding hydrogens is 298 g/mol. The van der Waals surface area contributed by atoms with Crippen molar-refractivity contribution in [3.63, 3.8) is 0 Å². The van der Waals surface area contributed by atoms with Gasteiger partial charge in [0.2, 0.25) is 0 Å². The van der Waals surface area contributed by atoms with Crippen LogP contribution < -0.4 is 5.32 Å². The third kappa shape index (κ3) is 2.60. The molecule has 0 amide bonds. The van der Waals surface area contributed by atoms with Crippen molar-refractivity contribution >= 4 is 22.7 Å². The van der Waals surface area contributed by atoms with E-state index in [-0.39, 0.29) is 0 Å². The first-order chi connectivity index (χ1) is 11.7. The summed E-state index contributed by atoms with van der Waals surface area (Å²) in [6.07, 6.45) is 3.48.